The van der Waals surface area contributed by atoms with Crippen LogP contribution < -0.4 is 0 Å². The van der Waals surface area contributed by atoms with Crippen LogP contribution in [0.5, 0.6) is 0 Å². The maximum Gasteiger partial charge on any atom is -0.00992 e. The summed E-state index contributed by atoms with van der Waals surface area (Å²) in [5, 5.41) is 7.46. The largest absolute Gasteiger partial charge is 0.0622 e. The lowest BCUT2D eigenvalue weighted by Crippen LogP contribution is -1.90. The molecule has 0 bridgehead atoms. The average Bonchev–Trinajstić information content (AvgIpc) is 3.35. The third-order valence-electron chi connectivity index (χ3n) is 11.7. The van der Waals surface area contributed by atoms with E-state index in [1.165, 1.54) is 88.0 Å². The first-order valence-corrected chi connectivity index (χ1v) is 21.3. The smallest absolute Gasteiger partial charge is 0.00992 e. The fourth-order valence-corrected chi connectivity index (χ4v) is 8.54. The van der Waals surface area contributed by atoms with E-state index in [0.717, 1.165) is 11.1 Å². The van der Waals surface area contributed by atoms with Crippen molar-refractivity contribution in [2.45, 2.75) is 0 Å². The highest BCUT2D eigenvalue weighted by atomic mass is 14.2. The molecule has 0 aliphatic carbocycles. The fourth-order valence-electron chi connectivity index (χ4n) is 8.54. The van der Waals surface area contributed by atoms with E-state index in [1.807, 2.05) is 0 Å². The highest BCUT2D eigenvalue weighted by Gasteiger charge is 2.11. The van der Waals surface area contributed by atoms with Crippen molar-refractivity contribution in [2.24, 2.45) is 0 Å². The summed E-state index contributed by atoms with van der Waals surface area (Å²) in [5.41, 5.74) is 14.3. The molecule has 0 aliphatic rings. The molecule has 0 aliphatic heterocycles. The topological polar surface area (TPSA) is 0 Å². The van der Waals surface area contributed by atoms with E-state index in [9.17, 15) is 0 Å². The lowest BCUT2D eigenvalue weighted by molar-refractivity contribution is 1.57. The van der Waals surface area contributed by atoms with Crippen molar-refractivity contribution in [3.8, 4) is 0 Å². The Morgan fingerprint density at radius 1 is 0.242 bits per heavy atom. The Balaban J connectivity index is 0.892. The second-order valence-electron chi connectivity index (χ2n) is 15.7. The van der Waals surface area contributed by atoms with Crippen LogP contribution in [0.1, 0.15) is 55.6 Å². The number of benzene rings is 10. The van der Waals surface area contributed by atoms with Crippen molar-refractivity contribution in [3.63, 3.8) is 0 Å². The molecule has 0 saturated heterocycles. The van der Waals surface area contributed by atoms with E-state index in [0.29, 0.717) is 0 Å². The molecule has 0 unspecified atom stereocenters. The molecule has 62 heavy (non-hydrogen) atoms. The van der Waals surface area contributed by atoms with Crippen LogP contribution in [0.2, 0.25) is 0 Å². The Hall–Kier alpha value is -8.06. The first-order chi connectivity index (χ1) is 30.7. The molecule has 10 aromatic carbocycles. The van der Waals surface area contributed by atoms with Crippen LogP contribution in [0.4, 0.5) is 0 Å². The third kappa shape index (κ3) is 8.23. The van der Waals surface area contributed by atoms with Gasteiger partial charge in [0.2, 0.25) is 0 Å². The first kappa shape index (κ1) is 38.2. The lowest BCUT2D eigenvalue weighted by Gasteiger charge is -2.12. The Labute approximate surface area is 364 Å². The minimum absolute atomic E-state index is 1.16. The molecule has 10 aromatic rings. The second kappa shape index (κ2) is 17.7. The van der Waals surface area contributed by atoms with Gasteiger partial charge in [-0.2, -0.15) is 0 Å². The summed E-state index contributed by atoms with van der Waals surface area (Å²) in [4.78, 5) is 0. The van der Waals surface area contributed by atoms with E-state index in [-0.39, 0.29) is 0 Å². The molecule has 0 saturated carbocycles. The Kier molecular flexibility index (Phi) is 10.9. The van der Waals surface area contributed by atoms with Crippen molar-refractivity contribution < 1.29 is 0 Å². The summed E-state index contributed by atoms with van der Waals surface area (Å²) in [6.45, 7) is 0. The monoisotopic (exact) mass is 788 g/mol. The van der Waals surface area contributed by atoms with Crippen molar-refractivity contribution in [2.75, 3.05) is 0 Å². The molecular formula is C62H44. The van der Waals surface area contributed by atoms with Gasteiger partial charge in [0.15, 0.2) is 0 Å². The molecule has 0 aromatic heterocycles. The van der Waals surface area contributed by atoms with Crippen LogP contribution in [0.25, 0.3) is 79.9 Å². The van der Waals surface area contributed by atoms with Crippen molar-refractivity contribution in [3.05, 3.63) is 286 Å². The van der Waals surface area contributed by atoms with Crippen molar-refractivity contribution in [1.29, 1.82) is 0 Å². The van der Waals surface area contributed by atoms with Crippen LogP contribution in [0.15, 0.2) is 231 Å². The fraction of sp³-hybridized carbons (Fsp3) is 0. The molecule has 0 radical (unpaired) electrons. The Bertz CT molecular complexity index is 3050. The number of fused-ring (bicyclic) bond motifs is 3. The van der Waals surface area contributed by atoms with E-state index in [2.05, 4.69) is 267 Å². The van der Waals surface area contributed by atoms with Crippen LogP contribution >= 0.6 is 0 Å². The summed E-state index contributed by atoms with van der Waals surface area (Å²) in [6, 6.07) is 82.7. The number of rotatable bonds is 10. The van der Waals surface area contributed by atoms with Gasteiger partial charge >= 0.3 is 0 Å². The lowest BCUT2D eigenvalue weighted by atomic mass is 9.91. The normalized spacial score (nSPS) is 12.3. The van der Waals surface area contributed by atoms with Crippen LogP contribution in [-0.4, -0.2) is 0 Å². The minimum Gasteiger partial charge on any atom is -0.0622 e. The molecule has 0 heterocycles. The maximum absolute atomic E-state index is 2.31. The molecular weight excluding hydrogens is 745 g/mol. The van der Waals surface area contributed by atoms with Gasteiger partial charge in [-0.15, -0.1) is 0 Å². The van der Waals surface area contributed by atoms with Gasteiger partial charge in [0.25, 0.3) is 0 Å². The van der Waals surface area contributed by atoms with E-state index >= 15 is 0 Å². The van der Waals surface area contributed by atoms with Crippen molar-refractivity contribution in [1.82, 2.24) is 0 Å². The predicted octanol–water partition coefficient (Wildman–Crippen LogP) is 16.7. The van der Waals surface area contributed by atoms with Crippen molar-refractivity contribution >= 4 is 79.9 Å². The molecule has 0 nitrogen and oxygen atoms in total. The zero-order chi connectivity index (χ0) is 41.5. The molecule has 0 fully saturated rings. The quantitative estimate of drug-likeness (QED) is 0.121. The molecule has 292 valence electrons. The standard InChI is InChI=1S/C62H44/c1-3-15-51(16-4-1)61(59-27-13-21-49-19-7-9-25-57(49)59)43-47-33-29-45(30-34-47)37-39-53-41-42-54(56-24-12-11-23-55(53)56)40-38-46-31-35-48(36-32-46)44-62(52-17-5-2-6-18-52)60-28-14-22-50-20-8-10-26-58(50)60/h1-44H/b39-37-,40-38-,61-43-,62-44-. The summed E-state index contributed by atoms with van der Waals surface area (Å²) < 4.78 is 0. The highest BCUT2D eigenvalue weighted by Crippen LogP contribution is 2.34. The summed E-state index contributed by atoms with van der Waals surface area (Å²) in [7, 11) is 0. The van der Waals surface area contributed by atoms with Gasteiger partial charge in [-0.25, -0.2) is 0 Å². The van der Waals surface area contributed by atoms with Gasteiger partial charge in [-0.1, -0.05) is 255 Å². The molecule has 0 N–H and O–H groups in total. The average molecular weight is 789 g/mol. The van der Waals surface area contributed by atoms with Gasteiger partial charge in [0.1, 0.15) is 0 Å². The maximum atomic E-state index is 2.31. The highest BCUT2D eigenvalue weighted by molar-refractivity contribution is 6.04. The van der Waals surface area contributed by atoms with Gasteiger partial charge in [-0.05, 0) is 111 Å². The van der Waals surface area contributed by atoms with Crippen LogP contribution in [0.3, 0.4) is 0 Å². The Morgan fingerprint density at radius 2 is 0.581 bits per heavy atom. The SMILES string of the molecule is C(=C/c1ccc(/C=C\c2ccc(/C=C(/c3ccccc3)c3cccc4ccccc34)cc2)c2ccccc12)/c1ccc(/C=C(/c2ccccc2)c2cccc3ccccc23)cc1. The summed E-state index contributed by atoms with van der Waals surface area (Å²) in [6.07, 6.45) is 13.5. The van der Waals surface area contributed by atoms with Crippen LogP contribution in [-0.2, 0) is 0 Å². The predicted molar refractivity (Wildman–Crippen MR) is 269 cm³/mol. The van der Waals surface area contributed by atoms with Gasteiger partial charge in [-0.3, -0.25) is 0 Å². The zero-order valence-corrected chi connectivity index (χ0v) is 34.4. The second-order valence-corrected chi connectivity index (χ2v) is 15.7. The molecule has 10 rings (SSSR count). The summed E-state index contributed by atoms with van der Waals surface area (Å²) >= 11 is 0. The minimum atomic E-state index is 1.16. The molecule has 0 amide bonds. The molecule has 0 spiro atoms. The molecule has 0 atom stereocenters. The zero-order valence-electron chi connectivity index (χ0n) is 34.4. The van der Waals surface area contributed by atoms with Crippen LogP contribution in [0, 0.1) is 0 Å². The third-order valence-corrected chi connectivity index (χ3v) is 11.7. The Morgan fingerprint density at radius 3 is 1.00 bits per heavy atom. The van der Waals surface area contributed by atoms with E-state index in [1.54, 1.807) is 0 Å². The summed E-state index contributed by atoms with van der Waals surface area (Å²) in [5.74, 6) is 0. The van der Waals surface area contributed by atoms with Gasteiger partial charge in [0.05, 0.1) is 0 Å². The van der Waals surface area contributed by atoms with Gasteiger partial charge in [0, 0.05) is 0 Å². The number of hydrogen-bond donors (Lipinski definition) is 0. The first-order valence-electron chi connectivity index (χ1n) is 21.3. The van der Waals surface area contributed by atoms with E-state index < -0.39 is 0 Å². The number of hydrogen-bond acceptors (Lipinski definition) is 0. The van der Waals surface area contributed by atoms with Gasteiger partial charge < -0.3 is 0 Å². The van der Waals surface area contributed by atoms with E-state index in [4.69, 9.17) is 0 Å². The molecule has 0 heteroatoms.